The zero-order chi connectivity index (χ0) is 20.6. The summed E-state index contributed by atoms with van der Waals surface area (Å²) >= 11 is 1.68. The second kappa shape index (κ2) is 10.8. The Morgan fingerprint density at radius 1 is 1.38 bits per heavy atom. The molecule has 0 bridgehead atoms. The lowest BCUT2D eigenvalue weighted by atomic mass is 9.97. The van der Waals surface area contributed by atoms with E-state index in [4.69, 9.17) is 9.72 Å². The van der Waals surface area contributed by atoms with Crippen LogP contribution >= 0.6 is 11.3 Å². The number of anilines is 1. The van der Waals surface area contributed by atoms with Crippen LogP contribution in [0.25, 0.3) is 10.2 Å². The van der Waals surface area contributed by atoms with Crippen molar-refractivity contribution in [3.8, 4) is 5.75 Å². The van der Waals surface area contributed by atoms with Crippen molar-refractivity contribution in [1.82, 2.24) is 15.2 Å². The zero-order valence-corrected chi connectivity index (χ0v) is 18.8. The van der Waals surface area contributed by atoms with E-state index in [9.17, 15) is 4.79 Å². The van der Waals surface area contributed by atoms with E-state index in [1.165, 1.54) is 12.8 Å². The SMILES string of the molecule is CCCCN(C)CCCNC(=O)C1CCCN(c2nc3ccc(OC)cc3s2)C1. The molecule has 0 spiro atoms. The number of nitrogens with one attached hydrogen (secondary N) is 1. The predicted molar refractivity (Wildman–Crippen MR) is 121 cm³/mol. The van der Waals surface area contributed by atoms with Crippen molar-refractivity contribution in [3.63, 3.8) is 0 Å². The van der Waals surface area contributed by atoms with Crippen molar-refractivity contribution in [2.24, 2.45) is 5.92 Å². The average molecular weight is 419 g/mol. The molecule has 1 aromatic carbocycles. The van der Waals surface area contributed by atoms with Gasteiger partial charge in [0.25, 0.3) is 0 Å². The molecule has 2 heterocycles. The third-order valence-corrected chi connectivity index (χ3v) is 6.64. The maximum absolute atomic E-state index is 12.7. The molecular weight excluding hydrogens is 384 g/mol. The maximum atomic E-state index is 12.7. The first-order chi connectivity index (χ1) is 14.1. The molecule has 2 aromatic rings. The van der Waals surface area contributed by atoms with Crippen molar-refractivity contribution in [3.05, 3.63) is 18.2 Å². The number of fused-ring (bicyclic) bond motifs is 1. The zero-order valence-electron chi connectivity index (χ0n) is 17.9. The van der Waals surface area contributed by atoms with E-state index in [2.05, 4.69) is 29.1 Å². The summed E-state index contributed by atoms with van der Waals surface area (Å²) in [5.41, 5.74) is 0.990. The fourth-order valence-electron chi connectivity index (χ4n) is 3.76. The van der Waals surface area contributed by atoms with Crippen LogP contribution in [0.5, 0.6) is 5.75 Å². The number of benzene rings is 1. The quantitative estimate of drug-likeness (QED) is 0.596. The number of amides is 1. The molecule has 0 saturated carbocycles. The lowest BCUT2D eigenvalue weighted by Crippen LogP contribution is -2.43. The highest BCUT2D eigenvalue weighted by molar-refractivity contribution is 7.22. The maximum Gasteiger partial charge on any atom is 0.224 e. The number of nitrogens with zero attached hydrogens (tertiary/aromatic N) is 3. The molecule has 1 amide bonds. The van der Waals surface area contributed by atoms with E-state index >= 15 is 0 Å². The Hall–Kier alpha value is -1.86. The second-order valence-corrected chi connectivity index (χ2v) is 8.93. The molecule has 1 aliphatic rings. The molecule has 6 nitrogen and oxygen atoms in total. The van der Waals surface area contributed by atoms with E-state index in [1.807, 2.05) is 18.2 Å². The molecule has 29 heavy (non-hydrogen) atoms. The number of carbonyl (C=O) groups excluding carboxylic acids is 1. The molecule has 1 aromatic heterocycles. The normalized spacial score (nSPS) is 17.1. The third-order valence-electron chi connectivity index (χ3n) is 5.56. The van der Waals surface area contributed by atoms with Crippen LogP contribution in [0.1, 0.15) is 39.0 Å². The highest BCUT2D eigenvalue weighted by Gasteiger charge is 2.27. The molecule has 1 unspecified atom stereocenters. The molecule has 160 valence electrons. The fraction of sp³-hybridized carbons (Fsp3) is 0.636. The third kappa shape index (κ3) is 6.06. The summed E-state index contributed by atoms with van der Waals surface area (Å²) in [6, 6.07) is 5.97. The highest BCUT2D eigenvalue weighted by Crippen LogP contribution is 2.33. The number of rotatable bonds is 10. The molecule has 1 fully saturated rings. The molecule has 1 saturated heterocycles. The van der Waals surface area contributed by atoms with Crippen LogP contribution in [0.4, 0.5) is 5.13 Å². The van der Waals surface area contributed by atoms with Crippen molar-refractivity contribution >= 4 is 32.6 Å². The molecule has 1 aliphatic heterocycles. The Kier molecular flexibility index (Phi) is 8.12. The van der Waals surface area contributed by atoms with Gasteiger partial charge in [-0.2, -0.15) is 0 Å². The summed E-state index contributed by atoms with van der Waals surface area (Å²) in [6.45, 7) is 6.85. The minimum Gasteiger partial charge on any atom is -0.497 e. The molecule has 1 N–H and O–H groups in total. The number of aromatic nitrogens is 1. The molecule has 1 atom stereocenters. The van der Waals surface area contributed by atoms with E-state index in [0.29, 0.717) is 0 Å². The average Bonchev–Trinajstić information content (AvgIpc) is 3.18. The summed E-state index contributed by atoms with van der Waals surface area (Å²) in [6.07, 6.45) is 5.44. The van der Waals surface area contributed by atoms with Crippen molar-refractivity contribution < 1.29 is 9.53 Å². The van der Waals surface area contributed by atoms with Crippen molar-refractivity contribution in [2.45, 2.75) is 39.0 Å². The summed E-state index contributed by atoms with van der Waals surface area (Å²) in [4.78, 5) is 22.1. The smallest absolute Gasteiger partial charge is 0.224 e. The molecule has 0 radical (unpaired) electrons. The number of carbonyl (C=O) groups is 1. The Balaban J connectivity index is 1.49. The van der Waals surface area contributed by atoms with Gasteiger partial charge in [-0.3, -0.25) is 4.79 Å². The Bertz CT molecular complexity index is 794. The van der Waals surface area contributed by atoms with Crippen molar-refractivity contribution in [2.75, 3.05) is 51.8 Å². The highest BCUT2D eigenvalue weighted by atomic mass is 32.1. The summed E-state index contributed by atoms with van der Waals surface area (Å²) in [5.74, 6) is 1.08. The van der Waals surface area contributed by atoms with Crippen LogP contribution in [-0.4, -0.2) is 62.7 Å². The van der Waals surface area contributed by atoms with Gasteiger partial charge in [0.15, 0.2) is 5.13 Å². The van der Waals surface area contributed by atoms with Crippen LogP contribution in [0, 0.1) is 5.92 Å². The first-order valence-corrected chi connectivity index (χ1v) is 11.6. The van der Waals surface area contributed by atoms with Gasteiger partial charge >= 0.3 is 0 Å². The number of piperidine rings is 1. The number of methoxy groups -OCH3 is 1. The lowest BCUT2D eigenvalue weighted by Gasteiger charge is -2.31. The van der Waals surface area contributed by atoms with Gasteiger partial charge in [0.1, 0.15) is 5.75 Å². The number of ether oxygens (including phenoxy) is 1. The van der Waals surface area contributed by atoms with Crippen LogP contribution < -0.4 is 15.0 Å². The van der Waals surface area contributed by atoms with Crippen LogP contribution in [-0.2, 0) is 4.79 Å². The topological polar surface area (TPSA) is 57.7 Å². The van der Waals surface area contributed by atoms with Gasteiger partial charge < -0.3 is 19.9 Å². The Labute approximate surface area is 178 Å². The second-order valence-electron chi connectivity index (χ2n) is 7.92. The minimum absolute atomic E-state index is 0.0446. The number of unbranched alkanes of at least 4 members (excludes halogenated alkanes) is 1. The fourth-order valence-corrected chi connectivity index (χ4v) is 4.79. The minimum atomic E-state index is 0.0446. The molecule has 3 rings (SSSR count). The summed E-state index contributed by atoms with van der Waals surface area (Å²) in [7, 11) is 3.84. The monoisotopic (exact) mass is 418 g/mol. The molecule has 7 heteroatoms. The van der Waals surface area contributed by atoms with E-state index in [0.717, 1.165) is 73.1 Å². The van der Waals surface area contributed by atoms with Crippen molar-refractivity contribution in [1.29, 1.82) is 0 Å². The lowest BCUT2D eigenvalue weighted by molar-refractivity contribution is -0.125. The van der Waals surface area contributed by atoms with E-state index in [-0.39, 0.29) is 11.8 Å². The summed E-state index contributed by atoms with van der Waals surface area (Å²) in [5, 5.41) is 4.15. The predicted octanol–water partition coefficient (Wildman–Crippen LogP) is 3.76. The van der Waals surface area contributed by atoms with Crippen LogP contribution in [0.3, 0.4) is 0 Å². The van der Waals surface area contributed by atoms with Gasteiger partial charge in [-0.25, -0.2) is 4.98 Å². The van der Waals surface area contributed by atoms with Gasteiger partial charge in [-0.1, -0.05) is 24.7 Å². The van der Waals surface area contributed by atoms with E-state index in [1.54, 1.807) is 18.4 Å². The largest absolute Gasteiger partial charge is 0.497 e. The van der Waals surface area contributed by atoms with Gasteiger partial charge in [-0.05, 0) is 64.0 Å². The first-order valence-electron chi connectivity index (χ1n) is 10.8. The standard InChI is InChI=1S/C22H34N4O2S/c1-4-5-12-25(2)13-7-11-23-21(27)17-8-6-14-26(16-17)22-24-19-10-9-18(28-3)15-20(19)29-22/h9-10,15,17H,4-8,11-14,16H2,1-3H3,(H,23,27). The van der Waals surface area contributed by atoms with Crippen LogP contribution in [0.15, 0.2) is 18.2 Å². The Morgan fingerprint density at radius 2 is 2.21 bits per heavy atom. The summed E-state index contributed by atoms with van der Waals surface area (Å²) < 4.78 is 6.44. The number of hydrogen-bond donors (Lipinski definition) is 1. The Morgan fingerprint density at radius 3 is 3.00 bits per heavy atom. The molecule has 0 aliphatic carbocycles. The van der Waals surface area contributed by atoms with Gasteiger partial charge in [0.2, 0.25) is 5.91 Å². The van der Waals surface area contributed by atoms with Gasteiger partial charge in [-0.15, -0.1) is 0 Å². The van der Waals surface area contributed by atoms with Gasteiger partial charge in [0.05, 0.1) is 23.2 Å². The molecular formula is C22H34N4O2S. The first kappa shape index (κ1) is 21.8. The van der Waals surface area contributed by atoms with E-state index < -0.39 is 0 Å². The van der Waals surface area contributed by atoms with Crippen LogP contribution in [0.2, 0.25) is 0 Å². The number of thiazole rings is 1. The number of hydrogen-bond acceptors (Lipinski definition) is 6. The van der Waals surface area contributed by atoms with Gasteiger partial charge in [0, 0.05) is 19.6 Å².